The molecule has 0 atom stereocenters. The summed E-state index contributed by atoms with van der Waals surface area (Å²) in [5.74, 6) is 0.738. The van der Waals surface area contributed by atoms with Crippen molar-refractivity contribution in [1.29, 1.82) is 0 Å². The molecule has 3 aromatic rings. The van der Waals surface area contributed by atoms with Crippen LogP contribution < -0.4 is 10.1 Å². The lowest BCUT2D eigenvalue weighted by Crippen LogP contribution is -2.14. The Morgan fingerprint density at radius 3 is 2.72 bits per heavy atom. The van der Waals surface area contributed by atoms with E-state index >= 15 is 0 Å². The maximum absolute atomic E-state index is 12.2. The fourth-order valence-corrected chi connectivity index (χ4v) is 2.78. The summed E-state index contributed by atoms with van der Waals surface area (Å²) in [5.41, 5.74) is 1.58. The van der Waals surface area contributed by atoms with Crippen molar-refractivity contribution >= 4 is 27.5 Å². The molecule has 1 N–H and O–H groups in total. The van der Waals surface area contributed by atoms with Crippen molar-refractivity contribution < 1.29 is 9.53 Å². The van der Waals surface area contributed by atoms with Crippen LogP contribution in [0.5, 0.6) is 5.75 Å². The highest BCUT2D eigenvalue weighted by molar-refractivity contribution is 9.10. The Morgan fingerprint density at radius 1 is 1.12 bits per heavy atom. The number of ether oxygens (including phenoxy) is 1. The van der Waals surface area contributed by atoms with E-state index < -0.39 is 0 Å². The van der Waals surface area contributed by atoms with Gasteiger partial charge in [0.2, 0.25) is 5.91 Å². The van der Waals surface area contributed by atoms with E-state index in [4.69, 9.17) is 4.74 Å². The van der Waals surface area contributed by atoms with Gasteiger partial charge in [0.25, 0.3) is 0 Å². The van der Waals surface area contributed by atoms with Crippen molar-refractivity contribution in [3.63, 3.8) is 0 Å². The molecule has 0 radical (unpaired) electrons. The van der Waals surface area contributed by atoms with Crippen molar-refractivity contribution in [1.82, 2.24) is 9.78 Å². The molecule has 1 heterocycles. The summed E-state index contributed by atoms with van der Waals surface area (Å²) in [6, 6.07) is 17.1. The first-order valence-electron chi connectivity index (χ1n) is 8.00. The molecule has 2 aromatic carbocycles. The number of hydrogen-bond donors (Lipinski definition) is 1. The molecule has 0 saturated heterocycles. The molecule has 0 aliphatic rings. The van der Waals surface area contributed by atoms with Gasteiger partial charge in [0.05, 0.1) is 22.5 Å². The van der Waals surface area contributed by atoms with Gasteiger partial charge in [0, 0.05) is 18.8 Å². The summed E-state index contributed by atoms with van der Waals surface area (Å²) in [5, 5.41) is 7.16. The van der Waals surface area contributed by atoms with Gasteiger partial charge in [0.1, 0.15) is 5.75 Å². The fraction of sp³-hybridized carbons (Fsp3) is 0.158. The monoisotopic (exact) mass is 399 g/mol. The van der Waals surface area contributed by atoms with Crippen molar-refractivity contribution in [2.45, 2.75) is 12.8 Å². The normalized spacial score (nSPS) is 10.4. The topological polar surface area (TPSA) is 56.1 Å². The molecule has 25 heavy (non-hydrogen) atoms. The third-order valence-electron chi connectivity index (χ3n) is 3.57. The number of carbonyl (C=O) groups is 1. The number of anilines is 1. The number of rotatable bonds is 7. The molecule has 0 bridgehead atoms. The van der Waals surface area contributed by atoms with Crippen LogP contribution in [0.1, 0.15) is 12.8 Å². The van der Waals surface area contributed by atoms with Gasteiger partial charge in [0.15, 0.2) is 0 Å². The first kappa shape index (κ1) is 17.2. The highest BCUT2D eigenvalue weighted by Gasteiger charge is 2.08. The van der Waals surface area contributed by atoms with Gasteiger partial charge in [-0.25, -0.2) is 4.68 Å². The molecule has 3 rings (SSSR count). The molecule has 0 unspecified atom stereocenters. The average Bonchev–Trinajstić information content (AvgIpc) is 3.15. The van der Waals surface area contributed by atoms with Gasteiger partial charge in [-0.05, 0) is 52.7 Å². The predicted octanol–water partition coefficient (Wildman–Crippen LogP) is 4.43. The highest BCUT2D eigenvalue weighted by Crippen LogP contribution is 2.24. The third kappa shape index (κ3) is 4.70. The van der Waals surface area contributed by atoms with Crippen LogP contribution in [-0.2, 0) is 4.79 Å². The molecule has 0 saturated carbocycles. The molecule has 0 fully saturated rings. The summed E-state index contributed by atoms with van der Waals surface area (Å²) in [6.45, 7) is 0.483. The summed E-state index contributed by atoms with van der Waals surface area (Å²) < 4.78 is 8.32. The lowest BCUT2D eigenvalue weighted by atomic mass is 10.2. The second-order valence-electron chi connectivity index (χ2n) is 5.40. The van der Waals surface area contributed by atoms with Crippen molar-refractivity contribution in [2.75, 3.05) is 11.9 Å². The van der Waals surface area contributed by atoms with E-state index in [1.54, 1.807) is 10.9 Å². The zero-order chi connectivity index (χ0) is 17.5. The van der Waals surface area contributed by atoms with Gasteiger partial charge in [-0.1, -0.05) is 24.3 Å². The molecule has 1 amide bonds. The number of nitrogens with zero attached hydrogens (tertiary/aromatic N) is 2. The van der Waals surface area contributed by atoms with Crippen LogP contribution in [0.4, 0.5) is 5.69 Å². The van der Waals surface area contributed by atoms with Crippen molar-refractivity contribution in [3.05, 3.63) is 71.5 Å². The number of amides is 1. The first-order valence-corrected chi connectivity index (χ1v) is 8.79. The van der Waals surface area contributed by atoms with Crippen LogP contribution >= 0.6 is 15.9 Å². The number of para-hydroxylation sites is 3. The average molecular weight is 400 g/mol. The van der Waals surface area contributed by atoms with Gasteiger partial charge < -0.3 is 10.1 Å². The van der Waals surface area contributed by atoms with E-state index in [2.05, 4.69) is 26.3 Å². The van der Waals surface area contributed by atoms with Gasteiger partial charge >= 0.3 is 0 Å². The van der Waals surface area contributed by atoms with Crippen LogP contribution in [0.3, 0.4) is 0 Å². The Bertz CT molecular complexity index is 834. The van der Waals surface area contributed by atoms with Crippen LogP contribution in [0.15, 0.2) is 71.5 Å². The van der Waals surface area contributed by atoms with Crippen LogP contribution in [0.25, 0.3) is 5.69 Å². The number of aromatic nitrogens is 2. The summed E-state index contributed by atoms with van der Waals surface area (Å²) in [4.78, 5) is 12.2. The molecule has 0 spiro atoms. The quantitative estimate of drug-likeness (QED) is 0.597. The molecule has 0 aliphatic carbocycles. The second-order valence-corrected chi connectivity index (χ2v) is 6.25. The van der Waals surface area contributed by atoms with Crippen molar-refractivity contribution in [3.8, 4) is 11.4 Å². The molecule has 5 nitrogen and oxygen atoms in total. The molecule has 1 aromatic heterocycles. The van der Waals surface area contributed by atoms with Crippen LogP contribution in [0.2, 0.25) is 0 Å². The second kappa shape index (κ2) is 8.48. The van der Waals surface area contributed by atoms with E-state index in [0.717, 1.165) is 21.6 Å². The number of halogens is 1. The summed E-state index contributed by atoms with van der Waals surface area (Å²) in [7, 11) is 0. The van der Waals surface area contributed by atoms with E-state index in [0.29, 0.717) is 19.4 Å². The minimum atomic E-state index is -0.0460. The number of nitrogens with one attached hydrogen (secondary N) is 1. The lowest BCUT2D eigenvalue weighted by Gasteiger charge is -2.11. The Kier molecular flexibility index (Phi) is 5.85. The lowest BCUT2D eigenvalue weighted by molar-refractivity contribution is -0.116. The maximum Gasteiger partial charge on any atom is 0.224 e. The van der Waals surface area contributed by atoms with Crippen LogP contribution in [-0.4, -0.2) is 22.3 Å². The summed E-state index contributed by atoms with van der Waals surface area (Å²) >= 11 is 3.44. The Morgan fingerprint density at radius 2 is 1.92 bits per heavy atom. The molecule has 0 aliphatic heterocycles. The van der Waals surface area contributed by atoms with Gasteiger partial charge in [-0.15, -0.1) is 0 Å². The summed E-state index contributed by atoms with van der Waals surface area (Å²) in [6.07, 6.45) is 4.57. The highest BCUT2D eigenvalue weighted by atomic mass is 79.9. The molecular weight excluding hydrogens is 382 g/mol. The Hall–Kier alpha value is -2.60. The van der Waals surface area contributed by atoms with Crippen molar-refractivity contribution in [2.24, 2.45) is 0 Å². The van der Waals surface area contributed by atoms with E-state index in [1.165, 1.54) is 0 Å². The molecular formula is C19H18BrN3O2. The maximum atomic E-state index is 12.2. The minimum absolute atomic E-state index is 0.0460. The smallest absolute Gasteiger partial charge is 0.224 e. The standard InChI is InChI=1S/C19H18BrN3O2/c20-15-7-1-4-10-18(15)25-14-5-11-19(24)22-16-8-2-3-9-17(16)23-13-6-12-21-23/h1-4,6-10,12-13H,5,11,14H2,(H,22,24). The third-order valence-corrected chi connectivity index (χ3v) is 4.23. The molecule has 128 valence electrons. The van der Waals surface area contributed by atoms with Gasteiger partial charge in [-0.3, -0.25) is 4.79 Å². The van der Waals surface area contributed by atoms with E-state index in [1.807, 2.05) is 60.8 Å². The number of benzene rings is 2. The Labute approximate surface area is 154 Å². The number of carbonyl (C=O) groups excluding carboxylic acids is 1. The van der Waals surface area contributed by atoms with Gasteiger partial charge in [-0.2, -0.15) is 5.10 Å². The zero-order valence-electron chi connectivity index (χ0n) is 13.6. The van der Waals surface area contributed by atoms with Crippen LogP contribution in [0, 0.1) is 0 Å². The SMILES string of the molecule is O=C(CCCOc1ccccc1Br)Nc1ccccc1-n1cccn1. The number of hydrogen-bond acceptors (Lipinski definition) is 3. The molecule has 6 heteroatoms. The minimum Gasteiger partial charge on any atom is -0.492 e. The predicted molar refractivity (Wildman–Crippen MR) is 101 cm³/mol. The van der Waals surface area contributed by atoms with E-state index in [-0.39, 0.29) is 5.91 Å². The largest absolute Gasteiger partial charge is 0.492 e. The van der Waals surface area contributed by atoms with E-state index in [9.17, 15) is 4.79 Å². The fourth-order valence-electron chi connectivity index (χ4n) is 2.38. The zero-order valence-corrected chi connectivity index (χ0v) is 15.1. The Balaban J connectivity index is 1.51. The first-order chi connectivity index (χ1) is 12.2.